The van der Waals surface area contributed by atoms with E-state index in [1.807, 2.05) is 23.5 Å². The number of aromatic nitrogens is 3. The topological polar surface area (TPSA) is 66.9 Å². The van der Waals surface area contributed by atoms with Gasteiger partial charge in [0.15, 0.2) is 17.2 Å². The Balaban J connectivity index is 1.39. The number of piperazine rings is 1. The fourth-order valence-corrected chi connectivity index (χ4v) is 3.74. The molecule has 29 heavy (non-hydrogen) atoms. The summed E-state index contributed by atoms with van der Waals surface area (Å²) in [5.41, 5.74) is 4.21. The van der Waals surface area contributed by atoms with Crippen molar-refractivity contribution in [3.63, 3.8) is 0 Å². The summed E-state index contributed by atoms with van der Waals surface area (Å²) in [6.07, 6.45) is 7.17. The van der Waals surface area contributed by atoms with Crippen molar-refractivity contribution in [3.05, 3.63) is 72.6 Å². The molecule has 4 heterocycles. The first kappa shape index (κ1) is 17.5. The number of benzene rings is 1. The number of hydrogen-bond acceptors (Lipinski definition) is 5. The van der Waals surface area contributed by atoms with Gasteiger partial charge in [0, 0.05) is 44.1 Å². The number of nitrogens with zero attached hydrogens (tertiary/aromatic N) is 5. The van der Waals surface area contributed by atoms with E-state index in [9.17, 15) is 4.79 Å². The number of amides is 1. The van der Waals surface area contributed by atoms with Crippen LogP contribution in [0.3, 0.4) is 0 Å². The van der Waals surface area contributed by atoms with Gasteiger partial charge >= 0.3 is 0 Å². The summed E-state index contributed by atoms with van der Waals surface area (Å²) in [6, 6.07) is 11.9. The first-order valence-corrected chi connectivity index (χ1v) is 9.67. The average molecular weight is 387 g/mol. The van der Waals surface area contributed by atoms with Crippen molar-refractivity contribution in [1.29, 1.82) is 0 Å². The maximum atomic E-state index is 12.5. The lowest BCUT2D eigenvalue weighted by molar-refractivity contribution is 0.0714. The predicted molar refractivity (Wildman–Crippen MR) is 110 cm³/mol. The van der Waals surface area contributed by atoms with Crippen LogP contribution in [0.4, 0.5) is 5.82 Å². The molecular formula is C22H21N5O2. The van der Waals surface area contributed by atoms with E-state index < -0.39 is 0 Å². The molecule has 0 spiro atoms. The summed E-state index contributed by atoms with van der Waals surface area (Å²) in [6.45, 7) is 4.72. The van der Waals surface area contributed by atoms with E-state index in [0.29, 0.717) is 31.9 Å². The number of hydrogen-bond donors (Lipinski definition) is 0. The summed E-state index contributed by atoms with van der Waals surface area (Å²) in [7, 11) is 0. The van der Waals surface area contributed by atoms with Gasteiger partial charge in [-0.05, 0) is 19.1 Å². The fourth-order valence-electron chi connectivity index (χ4n) is 3.74. The van der Waals surface area contributed by atoms with Crippen LogP contribution in [-0.4, -0.2) is 51.4 Å². The molecule has 0 aliphatic carbocycles. The number of anilines is 1. The van der Waals surface area contributed by atoms with Crippen molar-refractivity contribution in [1.82, 2.24) is 19.3 Å². The quantitative estimate of drug-likeness (QED) is 0.540. The zero-order valence-electron chi connectivity index (χ0n) is 16.2. The monoisotopic (exact) mass is 387 g/mol. The zero-order chi connectivity index (χ0) is 19.8. The van der Waals surface area contributed by atoms with Crippen molar-refractivity contribution >= 4 is 17.4 Å². The smallest absolute Gasteiger partial charge is 0.289 e. The minimum atomic E-state index is -0.0664. The molecule has 3 aromatic heterocycles. The van der Waals surface area contributed by atoms with Gasteiger partial charge in [-0.2, -0.15) is 0 Å². The molecule has 0 bridgehead atoms. The molecule has 1 aliphatic heterocycles. The van der Waals surface area contributed by atoms with Gasteiger partial charge in [0.25, 0.3) is 5.91 Å². The van der Waals surface area contributed by atoms with Crippen LogP contribution in [0, 0.1) is 6.92 Å². The molecular weight excluding hydrogens is 366 g/mol. The highest BCUT2D eigenvalue weighted by molar-refractivity contribution is 5.91. The Morgan fingerprint density at radius 1 is 1.03 bits per heavy atom. The first-order valence-electron chi connectivity index (χ1n) is 9.67. The van der Waals surface area contributed by atoms with Gasteiger partial charge in [-0.3, -0.25) is 9.20 Å². The molecule has 146 valence electrons. The first-order chi connectivity index (χ1) is 14.2. The number of fused-ring (bicyclic) bond motifs is 1. The lowest BCUT2D eigenvalue weighted by Gasteiger charge is -2.35. The van der Waals surface area contributed by atoms with E-state index >= 15 is 0 Å². The third-order valence-electron chi connectivity index (χ3n) is 5.36. The number of aryl methyl sites for hydroxylation is 1. The highest BCUT2D eigenvalue weighted by Gasteiger charge is 2.25. The van der Waals surface area contributed by atoms with E-state index in [-0.39, 0.29) is 5.91 Å². The van der Waals surface area contributed by atoms with Gasteiger partial charge in [0.2, 0.25) is 0 Å². The third-order valence-corrected chi connectivity index (χ3v) is 5.36. The lowest BCUT2D eigenvalue weighted by Crippen LogP contribution is -2.49. The van der Waals surface area contributed by atoms with Crippen LogP contribution in [-0.2, 0) is 0 Å². The highest BCUT2D eigenvalue weighted by atomic mass is 16.3. The molecule has 5 rings (SSSR count). The van der Waals surface area contributed by atoms with Gasteiger partial charge in [0.05, 0.1) is 18.2 Å². The Morgan fingerprint density at radius 3 is 2.55 bits per heavy atom. The van der Waals surface area contributed by atoms with E-state index in [1.165, 1.54) is 11.8 Å². The zero-order valence-corrected chi connectivity index (χ0v) is 16.2. The molecule has 4 aromatic rings. The molecule has 7 heteroatoms. The molecule has 0 atom stereocenters. The van der Waals surface area contributed by atoms with Crippen molar-refractivity contribution < 1.29 is 9.21 Å². The Bertz CT molecular complexity index is 1140. The molecule has 7 nitrogen and oxygen atoms in total. The summed E-state index contributed by atoms with van der Waals surface area (Å²) in [5.74, 6) is 1.16. The maximum Gasteiger partial charge on any atom is 0.289 e. The second-order valence-corrected chi connectivity index (χ2v) is 7.21. The predicted octanol–water partition coefficient (Wildman–Crippen LogP) is 3.26. The maximum absolute atomic E-state index is 12.5. The summed E-state index contributed by atoms with van der Waals surface area (Å²) < 4.78 is 7.32. The van der Waals surface area contributed by atoms with Crippen LogP contribution in [0.2, 0.25) is 0 Å². The number of rotatable bonds is 3. The second-order valence-electron chi connectivity index (χ2n) is 7.21. The summed E-state index contributed by atoms with van der Waals surface area (Å²) in [5, 5.41) is 0. The average Bonchev–Trinajstić information content (AvgIpc) is 3.44. The van der Waals surface area contributed by atoms with Crippen LogP contribution in [0.25, 0.3) is 16.9 Å². The molecule has 0 radical (unpaired) electrons. The molecule has 1 aromatic carbocycles. The Labute approximate surface area is 168 Å². The van der Waals surface area contributed by atoms with Crippen LogP contribution in [0.1, 0.15) is 16.1 Å². The number of imidazole rings is 1. The Hall–Kier alpha value is -3.61. The molecule has 0 saturated carbocycles. The Kier molecular flexibility index (Phi) is 4.27. The highest BCUT2D eigenvalue weighted by Crippen LogP contribution is 2.26. The van der Waals surface area contributed by atoms with Crippen molar-refractivity contribution in [2.24, 2.45) is 0 Å². The standard InChI is InChI=1S/C22H21N5O2/c1-16-4-6-17(7-5-16)18-15-24-21-20(23-8-9-27(18)21)25-10-12-26(13-11-25)22(28)19-3-2-14-29-19/h2-9,14-15H,10-13H2,1H3. The minimum Gasteiger partial charge on any atom is -0.459 e. The van der Waals surface area contributed by atoms with Gasteiger partial charge < -0.3 is 14.2 Å². The minimum absolute atomic E-state index is 0.0664. The summed E-state index contributed by atoms with van der Waals surface area (Å²) in [4.78, 5) is 25.7. The van der Waals surface area contributed by atoms with Crippen LogP contribution >= 0.6 is 0 Å². The van der Waals surface area contributed by atoms with Gasteiger partial charge in [-0.1, -0.05) is 29.8 Å². The normalized spacial score (nSPS) is 14.5. The fraction of sp³-hybridized carbons (Fsp3) is 0.227. The molecule has 1 saturated heterocycles. The number of carbonyl (C=O) groups excluding carboxylic acids is 1. The van der Waals surface area contributed by atoms with Gasteiger partial charge in [-0.25, -0.2) is 9.97 Å². The molecule has 1 amide bonds. The second kappa shape index (κ2) is 7.09. The van der Waals surface area contributed by atoms with Gasteiger partial charge in [-0.15, -0.1) is 0 Å². The van der Waals surface area contributed by atoms with E-state index in [2.05, 4.69) is 50.5 Å². The molecule has 0 unspecified atom stereocenters. The molecule has 1 aliphatic rings. The number of carbonyl (C=O) groups is 1. The SMILES string of the molecule is Cc1ccc(-c2cnc3c(N4CCN(C(=O)c5ccco5)CC4)nccn23)cc1. The number of furan rings is 1. The van der Waals surface area contributed by atoms with Crippen LogP contribution < -0.4 is 4.90 Å². The van der Waals surface area contributed by atoms with E-state index in [4.69, 9.17) is 4.42 Å². The van der Waals surface area contributed by atoms with Gasteiger partial charge in [0.1, 0.15) is 0 Å². The van der Waals surface area contributed by atoms with E-state index in [1.54, 1.807) is 12.1 Å². The van der Waals surface area contributed by atoms with Crippen molar-refractivity contribution in [3.8, 4) is 11.3 Å². The van der Waals surface area contributed by atoms with E-state index in [0.717, 1.165) is 22.7 Å². The lowest BCUT2D eigenvalue weighted by atomic mass is 10.1. The largest absolute Gasteiger partial charge is 0.459 e. The van der Waals surface area contributed by atoms with Crippen molar-refractivity contribution in [2.45, 2.75) is 6.92 Å². The van der Waals surface area contributed by atoms with Crippen molar-refractivity contribution in [2.75, 3.05) is 31.1 Å². The Morgan fingerprint density at radius 2 is 1.83 bits per heavy atom. The summed E-state index contributed by atoms with van der Waals surface area (Å²) >= 11 is 0. The molecule has 0 N–H and O–H groups in total. The van der Waals surface area contributed by atoms with Crippen LogP contribution in [0.5, 0.6) is 0 Å². The third kappa shape index (κ3) is 3.14. The molecule has 1 fully saturated rings. The van der Waals surface area contributed by atoms with Crippen LogP contribution in [0.15, 0.2) is 65.7 Å².